The molecule has 1 saturated heterocycles. The van der Waals surface area contributed by atoms with Gasteiger partial charge in [-0.05, 0) is 97.9 Å². The number of likely N-dealkylation sites (N-methyl/N-ethyl adjacent to an activating group) is 2. The number of rotatable bonds is 13. The highest BCUT2D eigenvalue weighted by Gasteiger charge is 2.47. The monoisotopic (exact) mass is 752 g/mol. The summed E-state index contributed by atoms with van der Waals surface area (Å²) in [5.41, 5.74) is 9.32. The van der Waals surface area contributed by atoms with Gasteiger partial charge in [-0.15, -0.1) is 0 Å². The average molecular weight is 753 g/mol. The maximum absolute atomic E-state index is 15.0. The molecule has 2 aliphatic heterocycles. The highest BCUT2D eigenvalue weighted by Crippen LogP contribution is 2.49. The lowest BCUT2D eigenvalue weighted by Crippen LogP contribution is -2.57. The van der Waals surface area contributed by atoms with Crippen molar-refractivity contribution in [1.29, 1.82) is 0 Å². The predicted octanol–water partition coefficient (Wildman–Crippen LogP) is 8.48. The van der Waals surface area contributed by atoms with E-state index in [2.05, 4.69) is 113 Å². The molecule has 7 nitrogen and oxygen atoms in total. The Balaban J connectivity index is 1.28. The quantitative estimate of drug-likeness (QED) is 0.128. The number of aliphatic hydroxyl groups is 1. The molecule has 3 heterocycles. The van der Waals surface area contributed by atoms with Gasteiger partial charge in [-0.1, -0.05) is 110 Å². The fourth-order valence-electron chi connectivity index (χ4n) is 9.36. The minimum absolute atomic E-state index is 0.0451. The number of hydrogen-bond acceptors (Lipinski definition) is 6. The van der Waals surface area contributed by atoms with Crippen LogP contribution in [0.25, 0.3) is 22.2 Å². The van der Waals surface area contributed by atoms with E-state index in [0.717, 1.165) is 73.5 Å². The topological polar surface area (TPSA) is 69.0 Å². The summed E-state index contributed by atoms with van der Waals surface area (Å²) >= 11 is 0. The van der Waals surface area contributed by atoms with Crippen LogP contribution in [0.15, 0.2) is 132 Å². The molecular weight excluding hydrogens is 701 g/mol. The van der Waals surface area contributed by atoms with Crippen molar-refractivity contribution >= 4 is 26.6 Å². The summed E-state index contributed by atoms with van der Waals surface area (Å²) in [4.78, 5) is 7.63. The van der Waals surface area contributed by atoms with Crippen LogP contribution in [0.2, 0.25) is 0 Å². The lowest BCUT2D eigenvalue weighted by atomic mass is 9.83. The van der Waals surface area contributed by atoms with Crippen LogP contribution in [0.3, 0.4) is 0 Å². The Labute approximate surface area is 326 Å². The van der Waals surface area contributed by atoms with Crippen molar-refractivity contribution in [3.63, 3.8) is 0 Å². The van der Waals surface area contributed by atoms with Crippen molar-refractivity contribution in [1.82, 2.24) is 13.8 Å². The van der Waals surface area contributed by atoms with Gasteiger partial charge < -0.3 is 10.0 Å². The molecule has 2 aliphatic rings. The molecule has 0 radical (unpaired) electrons. The first-order chi connectivity index (χ1) is 26.8. The molecule has 8 heteroatoms. The molecule has 3 atom stereocenters. The lowest BCUT2D eigenvalue weighted by Gasteiger charge is -2.45. The van der Waals surface area contributed by atoms with Crippen molar-refractivity contribution in [3.8, 4) is 11.3 Å². The van der Waals surface area contributed by atoms with Crippen LogP contribution in [0.4, 0.5) is 5.69 Å². The second-order valence-electron chi connectivity index (χ2n) is 15.2. The summed E-state index contributed by atoms with van der Waals surface area (Å²) in [6, 6.07) is 43.2. The predicted molar refractivity (Wildman–Crippen MR) is 224 cm³/mol. The van der Waals surface area contributed by atoms with E-state index in [9.17, 15) is 5.11 Å². The minimum atomic E-state index is -4.00. The Hall–Kier alpha value is -4.73. The van der Waals surface area contributed by atoms with Gasteiger partial charge in [0.15, 0.2) is 0 Å². The molecule has 0 bridgehead atoms. The van der Waals surface area contributed by atoms with Gasteiger partial charge in [0.2, 0.25) is 0 Å². The molecule has 55 heavy (non-hydrogen) atoms. The fourth-order valence-corrected chi connectivity index (χ4v) is 10.9. The van der Waals surface area contributed by atoms with E-state index in [1.807, 2.05) is 37.3 Å². The van der Waals surface area contributed by atoms with Crippen molar-refractivity contribution in [2.75, 3.05) is 37.7 Å². The van der Waals surface area contributed by atoms with E-state index in [1.54, 1.807) is 16.1 Å². The number of hydrogen-bond donors (Lipinski definition) is 1. The Morgan fingerprint density at radius 1 is 0.782 bits per heavy atom. The summed E-state index contributed by atoms with van der Waals surface area (Å²) in [7, 11) is -4.00. The number of aromatic nitrogens is 1. The van der Waals surface area contributed by atoms with Gasteiger partial charge in [-0.25, -0.2) is 12.4 Å². The number of anilines is 1. The van der Waals surface area contributed by atoms with Gasteiger partial charge in [-0.2, -0.15) is 0 Å². The van der Waals surface area contributed by atoms with Crippen LogP contribution >= 0.6 is 0 Å². The summed E-state index contributed by atoms with van der Waals surface area (Å²) in [6.45, 7) is 11.4. The van der Waals surface area contributed by atoms with E-state index in [4.69, 9.17) is 0 Å². The number of piperidine rings is 1. The van der Waals surface area contributed by atoms with Gasteiger partial charge in [0.25, 0.3) is 10.0 Å². The molecule has 5 aromatic carbocycles. The Bertz CT molecular complexity index is 2320. The van der Waals surface area contributed by atoms with E-state index in [-0.39, 0.29) is 29.5 Å². The summed E-state index contributed by atoms with van der Waals surface area (Å²) in [5.74, 6) is 0.247. The standard InChI is InChI=1S/C47H52N4O3S/c1-4-49-29-27-41-42-30-37(22-25-43(42)50(5-2)47(41)45(49)33-52)46-40(26-28-48(31-35-14-8-6-9-15-35)32-36-16-10-7-11-17-36)39-18-12-13-19-44(39)51(46)55(53,54)38-23-20-34(3)21-24-38/h6-25,30,41,45,47,52H,4-5,26-29,31-33H2,1-3H3. The van der Waals surface area contributed by atoms with E-state index >= 15 is 8.42 Å². The fraction of sp³-hybridized carbons (Fsp3) is 0.319. The van der Waals surface area contributed by atoms with Crippen molar-refractivity contribution < 1.29 is 13.5 Å². The number of likely N-dealkylation sites (tertiary alicyclic amines) is 1. The maximum Gasteiger partial charge on any atom is 0.268 e. The van der Waals surface area contributed by atoms with Crippen LogP contribution in [0.1, 0.15) is 54.0 Å². The van der Waals surface area contributed by atoms with Crippen molar-refractivity contribution in [3.05, 3.63) is 155 Å². The van der Waals surface area contributed by atoms with Crippen molar-refractivity contribution in [2.24, 2.45) is 0 Å². The third-order valence-electron chi connectivity index (χ3n) is 12.0. The number of nitrogens with zero attached hydrogens (tertiary/aromatic N) is 4. The van der Waals surface area contributed by atoms with Gasteiger partial charge in [0.1, 0.15) is 0 Å². The number of benzene rings is 5. The molecule has 1 fully saturated rings. The third-order valence-corrected chi connectivity index (χ3v) is 13.7. The normalized spacial score (nSPS) is 18.6. The van der Waals surface area contributed by atoms with Gasteiger partial charge >= 0.3 is 0 Å². The molecule has 3 unspecified atom stereocenters. The third kappa shape index (κ3) is 7.02. The molecular formula is C47H52N4O3S. The van der Waals surface area contributed by atoms with Gasteiger partial charge in [0.05, 0.1) is 34.8 Å². The molecule has 8 rings (SSSR count). The largest absolute Gasteiger partial charge is 0.395 e. The minimum Gasteiger partial charge on any atom is -0.395 e. The molecule has 284 valence electrons. The van der Waals surface area contributed by atoms with Crippen LogP contribution in [-0.4, -0.2) is 72.2 Å². The van der Waals surface area contributed by atoms with Crippen LogP contribution in [0, 0.1) is 6.92 Å². The van der Waals surface area contributed by atoms with E-state index in [0.29, 0.717) is 11.9 Å². The lowest BCUT2D eigenvalue weighted by molar-refractivity contribution is 0.0703. The Morgan fingerprint density at radius 2 is 1.44 bits per heavy atom. The van der Waals surface area contributed by atoms with Crippen LogP contribution in [-0.2, 0) is 29.5 Å². The molecule has 0 aliphatic carbocycles. The molecule has 0 amide bonds. The number of aryl methyl sites for hydroxylation is 1. The SMILES string of the molecule is CCN1CCC2c3cc(-c4c(CCN(Cc5ccccc5)Cc5ccccc5)c5ccccc5n4S(=O)(=O)c4ccc(C)cc4)ccc3N(CC)C2C1CO. The van der Waals surface area contributed by atoms with Gasteiger partial charge in [0, 0.05) is 43.2 Å². The van der Waals surface area contributed by atoms with Crippen LogP contribution < -0.4 is 4.90 Å². The van der Waals surface area contributed by atoms with Gasteiger partial charge in [-0.3, -0.25) is 9.80 Å². The highest BCUT2D eigenvalue weighted by molar-refractivity contribution is 7.90. The second kappa shape index (κ2) is 15.8. The zero-order chi connectivity index (χ0) is 38.1. The van der Waals surface area contributed by atoms with E-state index < -0.39 is 10.0 Å². The number of para-hydroxylation sites is 1. The van der Waals surface area contributed by atoms with Crippen molar-refractivity contribution in [2.45, 2.75) is 69.6 Å². The van der Waals surface area contributed by atoms with E-state index in [1.165, 1.54) is 22.4 Å². The highest BCUT2D eigenvalue weighted by atomic mass is 32.2. The Kier molecular flexibility index (Phi) is 10.7. The average Bonchev–Trinajstić information content (AvgIpc) is 3.73. The maximum atomic E-state index is 15.0. The molecule has 6 aromatic rings. The Morgan fingerprint density at radius 3 is 2.07 bits per heavy atom. The summed E-state index contributed by atoms with van der Waals surface area (Å²) in [5, 5.41) is 11.6. The first-order valence-electron chi connectivity index (χ1n) is 19.8. The molecule has 1 N–H and O–H groups in total. The molecule has 0 saturated carbocycles. The molecule has 1 aromatic heterocycles. The zero-order valence-electron chi connectivity index (χ0n) is 32.2. The zero-order valence-corrected chi connectivity index (χ0v) is 33.0. The van der Waals surface area contributed by atoms with Crippen LogP contribution in [0.5, 0.6) is 0 Å². The number of aliphatic hydroxyl groups excluding tert-OH is 1. The first kappa shape index (κ1) is 37.2. The summed E-state index contributed by atoms with van der Waals surface area (Å²) in [6.07, 6.45) is 1.65. The first-order valence-corrected chi connectivity index (χ1v) is 21.3. The molecule has 0 spiro atoms. The smallest absolute Gasteiger partial charge is 0.268 e. The second-order valence-corrected chi connectivity index (χ2v) is 17.0. The summed E-state index contributed by atoms with van der Waals surface area (Å²) < 4.78 is 31.6. The number of fused-ring (bicyclic) bond motifs is 4.